The summed E-state index contributed by atoms with van der Waals surface area (Å²) in [6.07, 6.45) is 7.09. The number of nitrogens with one attached hydrogen (secondary N) is 1. The summed E-state index contributed by atoms with van der Waals surface area (Å²) < 4.78 is 5.60. The average Bonchev–Trinajstić information content (AvgIpc) is 2.79. The lowest BCUT2D eigenvalue weighted by Crippen LogP contribution is -2.52. The van der Waals surface area contributed by atoms with Gasteiger partial charge in [0.05, 0.1) is 0 Å². The van der Waals surface area contributed by atoms with Gasteiger partial charge in [0, 0.05) is 30.0 Å². The van der Waals surface area contributed by atoms with Crippen LogP contribution in [0, 0.1) is 6.92 Å². The maximum Gasteiger partial charge on any atom is 0.410 e. The van der Waals surface area contributed by atoms with E-state index in [-0.39, 0.29) is 6.09 Å². The maximum absolute atomic E-state index is 12.5. The van der Waals surface area contributed by atoms with Crippen LogP contribution < -0.4 is 5.32 Å². The van der Waals surface area contributed by atoms with Crippen molar-refractivity contribution in [2.75, 3.05) is 6.54 Å². The third-order valence-corrected chi connectivity index (χ3v) is 5.16. The number of ether oxygens (including phenoxy) is 1. The number of fused-ring (bicyclic) bond motifs is 2. The number of nitrogens with zero attached hydrogens (tertiary/aromatic N) is 2. The molecule has 2 bridgehead atoms. The zero-order chi connectivity index (χ0) is 18.0. The van der Waals surface area contributed by atoms with Gasteiger partial charge in [0.2, 0.25) is 0 Å². The van der Waals surface area contributed by atoms with Crippen LogP contribution >= 0.6 is 0 Å². The van der Waals surface area contributed by atoms with Crippen LogP contribution in [0.25, 0.3) is 0 Å². The number of aromatic nitrogens is 1. The van der Waals surface area contributed by atoms with Crippen LogP contribution in [0.2, 0.25) is 0 Å². The first-order chi connectivity index (χ1) is 11.8. The Morgan fingerprint density at radius 2 is 1.96 bits per heavy atom. The Bertz CT molecular complexity index is 580. The van der Waals surface area contributed by atoms with Crippen molar-refractivity contribution in [2.24, 2.45) is 0 Å². The fourth-order valence-electron chi connectivity index (χ4n) is 4.02. The quantitative estimate of drug-likeness (QED) is 0.908. The monoisotopic (exact) mass is 345 g/mol. The summed E-state index contributed by atoms with van der Waals surface area (Å²) in [6.45, 7) is 8.76. The molecule has 1 amide bonds. The highest BCUT2D eigenvalue weighted by Gasteiger charge is 2.44. The first-order valence-electron chi connectivity index (χ1n) is 9.48. The molecule has 5 heteroatoms. The summed E-state index contributed by atoms with van der Waals surface area (Å²) >= 11 is 0. The van der Waals surface area contributed by atoms with Gasteiger partial charge >= 0.3 is 6.09 Å². The molecule has 138 valence electrons. The SMILES string of the molecule is Cc1ccc(CCNC2C[C@H]3CC[C@@H](C2)N3C(=O)OC(C)(C)C)cn1. The number of rotatable bonds is 4. The third-order valence-electron chi connectivity index (χ3n) is 5.16. The van der Waals surface area contributed by atoms with Crippen molar-refractivity contribution in [2.45, 2.75) is 83.5 Å². The van der Waals surface area contributed by atoms with Gasteiger partial charge in [0.15, 0.2) is 0 Å². The molecule has 0 radical (unpaired) electrons. The van der Waals surface area contributed by atoms with Crippen LogP contribution in [0.1, 0.15) is 57.7 Å². The van der Waals surface area contributed by atoms with Crippen molar-refractivity contribution in [3.8, 4) is 0 Å². The van der Waals surface area contributed by atoms with Crippen molar-refractivity contribution in [3.63, 3.8) is 0 Å². The summed E-state index contributed by atoms with van der Waals surface area (Å²) in [6, 6.07) is 5.36. The molecule has 1 N–H and O–H groups in total. The summed E-state index contributed by atoms with van der Waals surface area (Å²) in [5.41, 5.74) is 1.91. The van der Waals surface area contributed by atoms with E-state index in [0.717, 1.165) is 44.3 Å². The van der Waals surface area contributed by atoms with E-state index in [9.17, 15) is 4.79 Å². The first kappa shape index (κ1) is 18.2. The van der Waals surface area contributed by atoms with Crippen LogP contribution in [-0.4, -0.2) is 46.2 Å². The minimum Gasteiger partial charge on any atom is -0.444 e. The number of hydrogen-bond acceptors (Lipinski definition) is 4. The number of hydrogen-bond donors (Lipinski definition) is 1. The van der Waals surface area contributed by atoms with Gasteiger partial charge in [0.25, 0.3) is 0 Å². The molecule has 2 aliphatic rings. The molecule has 3 rings (SSSR count). The predicted octanol–water partition coefficient (Wildman–Crippen LogP) is 3.45. The molecule has 1 aromatic heterocycles. The van der Waals surface area contributed by atoms with Gasteiger partial charge in [-0.2, -0.15) is 0 Å². The zero-order valence-electron chi connectivity index (χ0n) is 15.9. The number of aryl methyl sites for hydroxylation is 1. The summed E-state index contributed by atoms with van der Waals surface area (Å²) in [5.74, 6) is 0. The second kappa shape index (κ2) is 7.32. The number of carbonyl (C=O) groups excluding carboxylic acids is 1. The molecule has 1 aromatic rings. The normalized spacial score (nSPS) is 25.9. The topological polar surface area (TPSA) is 54.5 Å². The van der Waals surface area contributed by atoms with Crippen LogP contribution in [-0.2, 0) is 11.2 Å². The van der Waals surface area contributed by atoms with Gasteiger partial charge in [-0.3, -0.25) is 4.98 Å². The van der Waals surface area contributed by atoms with Gasteiger partial charge in [-0.1, -0.05) is 6.07 Å². The van der Waals surface area contributed by atoms with Crippen molar-refractivity contribution >= 4 is 6.09 Å². The lowest BCUT2D eigenvalue weighted by molar-refractivity contribution is 0.00477. The summed E-state index contributed by atoms with van der Waals surface area (Å²) in [4.78, 5) is 18.8. The standard InChI is InChI=1S/C20H31N3O2/c1-14-5-6-15(13-22-14)9-10-21-16-11-17-7-8-18(12-16)23(17)19(24)25-20(2,3)4/h5-6,13,16-18,21H,7-12H2,1-4H3/t16?,17-,18+. The van der Waals surface area contributed by atoms with Gasteiger partial charge < -0.3 is 15.0 Å². The Kier molecular flexibility index (Phi) is 5.32. The molecule has 5 nitrogen and oxygen atoms in total. The van der Waals surface area contributed by atoms with E-state index in [4.69, 9.17) is 4.74 Å². The fourth-order valence-corrected chi connectivity index (χ4v) is 4.02. The average molecular weight is 345 g/mol. The van der Waals surface area contributed by atoms with E-state index < -0.39 is 5.60 Å². The van der Waals surface area contributed by atoms with Crippen molar-refractivity contribution in [1.29, 1.82) is 0 Å². The highest BCUT2D eigenvalue weighted by Crippen LogP contribution is 2.36. The van der Waals surface area contributed by atoms with Gasteiger partial charge in [-0.15, -0.1) is 0 Å². The minimum absolute atomic E-state index is 0.135. The van der Waals surface area contributed by atoms with Gasteiger partial charge in [0.1, 0.15) is 5.60 Å². The smallest absolute Gasteiger partial charge is 0.410 e. The molecule has 0 saturated carbocycles. The van der Waals surface area contributed by atoms with E-state index in [1.807, 2.05) is 38.8 Å². The molecule has 2 fully saturated rings. The Balaban J connectivity index is 1.48. The molecule has 0 aromatic carbocycles. The number of pyridine rings is 1. The van der Waals surface area contributed by atoms with Crippen molar-refractivity contribution in [1.82, 2.24) is 15.2 Å². The van der Waals surface area contributed by atoms with Crippen LogP contribution in [0.4, 0.5) is 4.79 Å². The van der Waals surface area contributed by atoms with Crippen LogP contribution in [0.3, 0.4) is 0 Å². The Hall–Kier alpha value is -1.62. The molecular formula is C20H31N3O2. The number of piperidine rings is 1. The maximum atomic E-state index is 12.5. The molecular weight excluding hydrogens is 314 g/mol. The fraction of sp³-hybridized carbons (Fsp3) is 0.700. The van der Waals surface area contributed by atoms with E-state index in [2.05, 4.69) is 22.4 Å². The third kappa shape index (κ3) is 4.72. The lowest BCUT2D eigenvalue weighted by atomic mass is 9.97. The Morgan fingerprint density at radius 1 is 1.28 bits per heavy atom. The number of amides is 1. The highest BCUT2D eigenvalue weighted by molar-refractivity contribution is 5.69. The highest BCUT2D eigenvalue weighted by atomic mass is 16.6. The minimum atomic E-state index is -0.423. The van der Waals surface area contributed by atoms with Crippen LogP contribution in [0.5, 0.6) is 0 Å². The summed E-state index contributed by atoms with van der Waals surface area (Å²) in [7, 11) is 0. The Morgan fingerprint density at radius 3 is 2.52 bits per heavy atom. The zero-order valence-corrected chi connectivity index (χ0v) is 15.9. The van der Waals surface area contributed by atoms with Crippen molar-refractivity contribution in [3.05, 3.63) is 29.6 Å². The number of carbonyl (C=O) groups is 1. The molecule has 1 unspecified atom stereocenters. The predicted molar refractivity (Wildman–Crippen MR) is 98.6 cm³/mol. The largest absolute Gasteiger partial charge is 0.444 e. The van der Waals surface area contributed by atoms with Gasteiger partial charge in [-0.25, -0.2) is 4.79 Å². The molecule has 25 heavy (non-hydrogen) atoms. The molecule has 3 heterocycles. The van der Waals surface area contributed by atoms with Crippen molar-refractivity contribution < 1.29 is 9.53 Å². The second-order valence-corrected chi connectivity index (χ2v) is 8.45. The summed E-state index contributed by atoms with van der Waals surface area (Å²) in [5, 5.41) is 3.69. The molecule has 2 saturated heterocycles. The Labute approximate surface area is 151 Å². The van der Waals surface area contributed by atoms with E-state index in [0.29, 0.717) is 18.1 Å². The molecule has 0 spiro atoms. The molecule has 3 atom stereocenters. The van der Waals surface area contributed by atoms with E-state index in [1.54, 1.807) is 0 Å². The second-order valence-electron chi connectivity index (χ2n) is 8.45. The van der Waals surface area contributed by atoms with Gasteiger partial charge in [-0.05, 0) is 78.0 Å². The molecule has 2 aliphatic heterocycles. The first-order valence-corrected chi connectivity index (χ1v) is 9.48. The molecule has 0 aliphatic carbocycles. The van der Waals surface area contributed by atoms with E-state index >= 15 is 0 Å². The van der Waals surface area contributed by atoms with Crippen LogP contribution in [0.15, 0.2) is 18.3 Å². The van der Waals surface area contributed by atoms with E-state index in [1.165, 1.54) is 5.56 Å². The lowest BCUT2D eigenvalue weighted by Gasteiger charge is -2.39.